The molecule has 22 heavy (non-hydrogen) atoms. The third-order valence-corrected chi connectivity index (χ3v) is 4.59. The molecular weight excluding hydrogens is 272 g/mol. The van der Waals surface area contributed by atoms with Crippen molar-refractivity contribution < 1.29 is 10.2 Å². The van der Waals surface area contributed by atoms with Crippen LogP contribution < -0.4 is 0 Å². The lowest BCUT2D eigenvalue weighted by Crippen LogP contribution is -2.05. The number of aliphatic hydroxyl groups excluding tert-OH is 2. The highest BCUT2D eigenvalue weighted by Crippen LogP contribution is 2.14. The molecule has 0 aromatic carbocycles. The van der Waals surface area contributed by atoms with Gasteiger partial charge >= 0.3 is 0 Å². The van der Waals surface area contributed by atoms with E-state index < -0.39 is 0 Å². The predicted octanol–water partition coefficient (Wildman–Crippen LogP) is 5.99. The molecule has 0 aliphatic rings. The van der Waals surface area contributed by atoms with E-state index in [4.69, 9.17) is 0 Å². The van der Waals surface area contributed by atoms with Crippen LogP contribution in [0.2, 0.25) is 0 Å². The van der Waals surface area contributed by atoms with E-state index in [2.05, 4.69) is 13.8 Å². The summed E-state index contributed by atoms with van der Waals surface area (Å²) in [5, 5.41) is 19.5. The molecule has 0 heterocycles. The molecule has 0 aliphatic carbocycles. The Kier molecular flexibility index (Phi) is 17.2. The highest BCUT2D eigenvalue weighted by Gasteiger charge is 2.03. The Bertz CT molecular complexity index is 206. The molecule has 0 aromatic heterocycles. The number of hydrogen-bond acceptors (Lipinski definition) is 2. The molecule has 0 amide bonds. The normalized spacial score (nSPS) is 14.2. The topological polar surface area (TPSA) is 40.5 Å². The Hall–Kier alpha value is -0.0800. The molecule has 0 saturated carbocycles. The predicted molar refractivity (Wildman–Crippen MR) is 97.2 cm³/mol. The second kappa shape index (κ2) is 17.3. The van der Waals surface area contributed by atoms with Crippen molar-refractivity contribution >= 4 is 0 Å². The van der Waals surface area contributed by atoms with E-state index in [1.165, 1.54) is 70.6 Å². The minimum atomic E-state index is -0.0613. The summed E-state index contributed by atoms with van der Waals surface area (Å²) in [5.74, 6) is 0. The number of hydrogen-bond donors (Lipinski definition) is 2. The summed E-state index contributed by atoms with van der Waals surface area (Å²) in [7, 11) is 0. The smallest absolute Gasteiger partial charge is 0.0540 e. The van der Waals surface area contributed by atoms with E-state index in [1.807, 2.05) is 0 Å². The first-order valence-corrected chi connectivity index (χ1v) is 10.1. The average Bonchev–Trinajstić information content (AvgIpc) is 2.49. The third-order valence-electron chi connectivity index (χ3n) is 4.59. The van der Waals surface area contributed by atoms with Gasteiger partial charge in [-0.2, -0.15) is 0 Å². The molecule has 0 bridgehead atoms. The van der Waals surface area contributed by atoms with Gasteiger partial charge in [0, 0.05) is 0 Å². The van der Waals surface area contributed by atoms with Gasteiger partial charge in [-0.1, -0.05) is 90.9 Å². The average molecular weight is 315 g/mol. The lowest BCUT2D eigenvalue weighted by Gasteiger charge is -2.10. The first-order chi connectivity index (χ1) is 10.7. The van der Waals surface area contributed by atoms with Gasteiger partial charge in [-0.25, -0.2) is 0 Å². The van der Waals surface area contributed by atoms with Crippen molar-refractivity contribution in [1.29, 1.82) is 0 Å². The number of aliphatic hydroxyl groups is 2. The number of rotatable bonds is 17. The largest absolute Gasteiger partial charge is 0.393 e. The van der Waals surface area contributed by atoms with Crippen molar-refractivity contribution in [2.24, 2.45) is 0 Å². The Morgan fingerprint density at radius 3 is 1.23 bits per heavy atom. The SMILES string of the molecule is CCCCCC(O)CCCCCCCCCCC(O)CCC. The van der Waals surface area contributed by atoms with Gasteiger partial charge in [0.15, 0.2) is 0 Å². The summed E-state index contributed by atoms with van der Waals surface area (Å²) in [4.78, 5) is 0. The zero-order chi connectivity index (χ0) is 16.5. The standard InChI is InChI=1S/C20H42O2/c1-3-5-12-16-20(22)18-14-11-9-7-6-8-10-13-17-19(21)15-4-2/h19-22H,3-18H2,1-2H3. The van der Waals surface area contributed by atoms with Gasteiger partial charge in [0.1, 0.15) is 0 Å². The van der Waals surface area contributed by atoms with Crippen molar-refractivity contribution in [2.75, 3.05) is 0 Å². The lowest BCUT2D eigenvalue weighted by molar-refractivity contribution is 0.147. The van der Waals surface area contributed by atoms with Crippen molar-refractivity contribution in [2.45, 2.75) is 129 Å². The highest BCUT2D eigenvalue weighted by atomic mass is 16.3. The molecule has 0 aliphatic heterocycles. The second-order valence-corrected chi connectivity index (χ2v) is 7.00. The molecule has 0 fully saturated rings. The molecule has 0 rings (SSSR count). The monoisotopic (exact) mass is 314 g/mol. The van der Waals surface area contributed by atoms with Crippen LogP contribution in [0.4, 0.5) is 0 Å². The van der Waals surface area contributed by atoms with Crippen LogP contribution in [0.1, 0.15) is 117 Å². The van der Waals surface area contributed by atoms with E-state index in [-0.39, 0.29) is 12.2 Å². The van der Waals surface area contributed by atoms with Crippen molar-refractivity contribution in [3.63, 3.8) is 0 Å². The van der Waals surface area contributed by atoms with Gasteiger partial charge in [0.25, 0.3) is 0 Å². The summed E-state index contributed by atoms with van der Waals surface area (Å²) in [5.41, 5.74) is 0. The minimum Gasteiger partial charge on any atom is -0.393 e. The molecule has 0 radical (unpaired) electrons. The van der Waals surface area contributed by atoms with Crippen molar-refractivity contribution in [3.8, 4) is 0 Å². The third kappa shape index (κ3) is 16.3. The van der Waals surface area contributed by atoms with Crippen LogP contribution in [-0.2, 0) is 0 Å². The zero-order valence-corrected chi connectivity index (χ0v) is 15.4. The van der Waals surface area contributed by atoms with E-state index >= 15 is 0 Å². The molecule has 2 N–H and O–H groups in total. The summed E-state index contributed by atoms with van der Waals surface area (Å²) in [6.07, 6.45) is 18.8. The molecule has 0 spiro atoms. The first kappa shape index (κ1) is 21.9. The maximum atomic E-state index is 9.84. The van der Waals surface area contributed by atoms with Crippen molar-refractivity contribution in [1.82, 2.24) is 0 Å². The number of unbranched alkanes of at least 4 members (excludes halogenated alkanes) is 9. The Balaban J connectivity index is 3.14. The highest BCUT2D eigenvalue weighted by molar-refractivity contribution is 4.57. The molecular formula is C20H42O2. The molecule has 2 nitrogen and oxygen atoms in total. The molecule has 2 unspecified atom stereocenters. The Morgan fingerprint density at radius 1 is 0.455 bits per heavy atom. The van der Waals surface area contributed by atoms with E-state index in [0.717, 1.165) is 32.1 Å². The van der Waals surface area contributed by atoms with Gasteiger partial charge in [-0.05, 0) is 25.7 Å². The maximum Gasteiger partial charge on any atom is 0.0540 e. The fraction of sp³-hybridized carbons (Fsp3) is 1.00. The zero-order valence-electron chi connectivity index (χ0n) is 15.4. The Labute approximate surface area is 139 Å². The van der Waals surface area contributed by atoms with Crippen molar-refractivity contribution in [3.05, 3.63) is 0 Å². The van der Waals surface area contributed by atoms with Crippen LogP contribution in [0.25, 0.3) is 0 Å². The summed E-state index contributed by atoms with van der Waals surface area (Å²) >= 11 is 0. The van der Waals surface area contributed by atoms with Gasteiger partial charge in [0.2, 0.25) is 0 Å². The van der Waals surface area contributed by atoms with E-state index in [0.29, 0.717) is 0 Å². The van der Waals surface area contributed by atoms with Crippen LogP contribution in [0.5, 0.6) is 0 Å². The van der Waals surface area contributed by atoms with Crippen LogP contribution in [0.15, 0.2) is 0 Å². The maximum absolute atomic E-state index is 9.84. The summed E-state index contributed by atoms with van der Waals surface area (Å²) < 4.78 is 0. The fourth-order valence-electron chi connectivity index (χ4n) is 3.07. The summed E-state index contributed by atoms with van der Waals surface area (Å²) in [6.45, 7) is 4.34. The van der Waals surface area contributed by atoms with Crippen LogP contribution in [0, 0.1) is 0 Å². The molecule has 2 atom stereocenters. The van der Waals surface area contributed by atoms with Crippen LogP contribution in [-0.4, -0.2) is 22.4 Å². The molecule has 2 heteroatoms. The van der Waals surface area contributed by atoms with Gasteiger partial charge in [-0.3, -0.25) is 0 Å². The molecule has 0 saturated heterocycles. The van der Waals surface area contributed by atoms with Crippen LogP contribution in [0.3, 0.4) is 0 Å². The van der Waals surface area contributed by atoms with E-state index in [1.54, 1.807) is 0 Å². The minimum absolute atomic E-state index is 0.0545. The van der Waals surface area contributed by atoms with Gasteiger partial charge in [-0.15, -0.1) is 0 Å². The second-order valence-electron chi connectivity index (χ2n) is 7.00. The van der Waals surface area contributed by atoms with Gasteiger partial charge < -0.3 is 10.2 Å². The molecule has 134 valence electrons. The fourth-order valence-corrected chi connectivity index (χ4v) is 3.07. The summed E-state index contributed by atoms with van der Waals surface area (Å²) in [6, 6.07) is 0. The molecule has 0 aromatic rings. The Morgan fingerprint density at radius 2 is 0.818 bits per heavy atom. The lowest BCUT2D eigenvalue weighted by atomic mass is 10.0. The van der Waals surface area contributed by atoms with Crippen LogP contribution >= 0.6 is 0 Å². The van der Waals surface area contributed by atoms with E-state index in [9.17, 15) is 10.2 Å². The van der Waals surface area contributed by atoms with Gasteiger partial charge in [0.05, 0.1) is 12.2 Å². The quantitative estimate of drug-likeness (QED) is 0.324. The first-order valence-electron chi connectivity index (χ1n) is 10.1.